The van der Waals surface area contributed by atoms with Gasteiger partial charge in [-0.25, -0.2) is 9.97 Å². The normalized spacial score (nSPS) is 12.3. The molecule has 0 aliphatic heterocycles. The summed E-state index contributed by atoms with van der Waals surface area (Å²) in [5.41, 5.74) is 11.8. The van der Waals surface area contributed by atoms with Crippen LogP contribution in [-0.4, -0.2) is 18.9 Å². The average molecular weight is 711 g/mol. The predicted octanol–water partition coefficient (Wildman–Crippen LogP) is 13.5. The quantitative estimate of drug-likeness (QED) is 0.171. The largest absolute Gasteiger partial charge is 0.308 e. The molecule has 13 rings (SSSR count). The number of hydrogen-bond acceptors (Lipinski definition) is 2. The van der Waals surface area contributed by atoms with E-state index in [1.54, 1.807) is 0 Å². The molecule has 0 atom stereocenters. The number of hydrogen-bond donors (Lipinski definition) is 0. The van der Waals surface area contributed by atoms with Crippen molar-refractivity contribution >= 4 is 92.5 Å². The summed E-state index contributed by atoms with van der Waals surface area (Å²) in [7, 11) is 0. The second-order valence-corrected chi connectivity index (χ2v) is 14.9. The fraction of sp³-hybridized carbons (Fsp3) is 0. The Morgan fingerprint density at radius 1 is 0.357 bits per heavy atom. The second kappa shape index (κ2) is 11.0. The van der Waals surface area contributed by atoms with Crippen LogP contribution in [0, 0.1) is 0 Å². The first kappa shape index (κ1) is 29.8. The number of nitrogens with zero attached hydrogens (tertiary/aromatic N) is 4. The Kier molecular flexibility index (Phi) is 5.86. The molecule has 0 bridgehead atoms. The molecule has 0 unspecified atom stereocenters. The number of benzene rings is 9. The lowest BCUT2D eigenvalue weighted by atomic mass is 9.93. The van der Waals surface area contributed by atoms with Crippen LogP contribution in [0.2, 0.25) is 0 Å². The summed E-state index contributed by atoms with van der Waals surface area (Å²) >= 11 is 0. The molecule has 4 heteroatoms. The molecule has 0 aliphatic rings. The van der Waals surface area contributed by atoms with Crippen LogP contribution in [0.3, 0.4) is 0 Å². The molecule has 4 nitrogen and oxygen atoms in total. The molecule has 4 heterocycles. The summed E-state index contributed by atoms with van der Waals surface area (Å²) in [5.74, 6) is 0.814. The molecule has 0 radical (unpaired) electrons. The molecule has 0 N–H and O–H groups in total. The van der Waals surface area contributed by atoms with E-state index in [0.717, 1.165) is 55.5 Å². The lowest BCUT2D eigenvalue weighted by molar-refractivity contribution is 1.08. The maximum atomic E-state index is 5.81. The SMILES string of the molecule is c1ccc(-c2nc3ccc4cccc(-c5cccc6ccccc56)c4c3nc2-n2c3cccc4c5cccc6c7ccccc7n(c7cccc2c7c43)c56)cc1. The van der Waals surface area contributed by atoms with Crippen molar-refractivity contribution in [2.45, 2.75) is 0 Å². The fourth-order valence-corrected chi connectivity index (χ4v) is 9.73. The first-order chi connectivity index (χ1) is 27.8. The second-order valence-electron chi connectivity index (χ2n) is 14.9. The van der Waals surface area contributed by atoms with E-state index < -0.39 is 0 Å². The third-order valence-electron chi connectivity index (χ3n) is 12.0. The summed E-state index contributed by atoms with van der Waals surface area (Å²) in [6.45, 7) is 0. The van der Waals surface area contributed by atoms with Crippen LogP contribution in [-0.2, 0) is 0 Å². The summed E-state index contributed by atoms with van der Waals surface area (Å²) in [5, 5.41) is 12.1. The van der Waals surface area contributed by atoms with E-state index in [9.17, 15) is 0 Å². The van der Waals surface area contributed by atoms with Gasteiger partial charge in [0.25, 0.3) is 0 Å². The van der Waals surface area contributed by atoms with E-state index in [-0.39, 0.29) is 0 Å². The molecule has 0 fully saturated rings. The lowest BCUT2D eigenvalue weighted by Crippen LogP contribution is -2.04. The highest BCUT2D eigenvalue weighted by atomic mass is 15.1. The Morgan fingerprint density at radius 2 is 0.964 bits per heavy atom. The molecule has 9 aromatic carbocycles. The molecule has 4 aromatic heterocycles. The zero-order valence-corrected chi connectivity index (χ0v) is 30.1. The molecular formula is C52H30N4. The number of para-hydroxylation sites is 2. The smallest absolute Gasteiger partial charge is 0.165 e. The Balaban J connectivity index is 1.23. The van der Waals surface area contributed by atoms with E-state index in [2.05, 4.69) is 191 Å². The van der Waals surface area contributed by atoms with Crippen molar-refractivity contribution in [2.75, 3.05) is 0 Å². The van der Waals surface area contributed by atoms with E-state index >= 15 is 0 Å². The maximum absolute atomic E-state index is 5.81. The minimum Gasteiger partial charge on any atom is -0.308 e. The average Bonchev–Trinajstić information content (AvgIpc) is 3.75. The van der Waals surface area contributed by atoms with E-state index in [0.29, 0.717) is 0 Å². The van der Waals surface area contributed by atoms with Gasteiger partial charge in [-0.15, -0.1) is 0 Å². The van der Waals surface area contributed by atoms with Crippen LogP contribution >= 0.6 is 0 Å². The van der Waals surface area contributed by atoms with Crippen LogP contribution in [0.15, 0.2) is 182 Å². The topological polar surface area (TPSA) is 35.1 Å². The van der Waals surface area contributed by atoms with Crippen molar-refractivity contribution in [3.63, 3.8) is 0 Å². The number of fused-ring (bicyclic) bond motifs is 9. The third kappa shape index (κ3) is 3.87. The molecule has 56 heavy (non-hydrogen) atoms. The van der Waals surface area contributed by atoms with Gasteiger partial charge >= 0.3 is 0 Å². The molecule has 258 valence electrons. The zero-order chi connectivity index (χ0) is 36.5. The molecule has 0 saturated carbocycles. The van der Waals surface area contributed by atoms with Crippen molar-refractivity contribution in [3.8, 4) is 28.2 Å². The van der Waals surface area contributed by atoms with Gasteiger partial charge in [-0.3, -0.25) is 4.57 Å². The predicted molar refractivity (Wildman–Crippen MR) is 234 cm³/mol. The maximum Gasteiger partial charge on any atom is 0.165 e. The van der Waals surface area contributed by atoms with Gasteiger partial charge in [0.2, 0.25) is 0 Å². The first-order valence-electron chi connectivity index (χ1n) is 19.2. The summed E-state index contributed by atoms with van der Waals surface area (Å²) in [6.07, 6.45) is 0. The van der Waals surface area contributed by atoms with Crippen LogP contribution in [0.25, 0.3) is 121 Å². The van der Waals surface area contributed by atoms with Crippen molar-refractivity contribution < 1.29 is 0 Å². The van der Waals surface area contributed by atoms with E-state index in [1.165, 1.54) is 65.2 Å². The summed E-state index contributed by atoms with van der Waals surface area (Å²) in [6, 6.07) is 65.7. The number of aromatic nitrogens is 4. The standard InChI is InChI=1S/C52H30N4/c1-2-14-33(15-3-1)49-52(54-50-41(53-49)30-29-32-17-9-21-37(46(32)50)35-20-8-16-31-13-4-5-18-34(31)35)56-43-26-11-22-38-40-24-10-23-39-36-19-6-7-25-42(36)55(51(39)40)44-27-12-28-45(56)48(44)47(38)43/h1-30H. The van der Waals surface area contributed by atoms with Gasteiger partial charge in [-0.05, 0) is 63.0 Å². The van der Waals surface area contributed by atoms with Gasteiger partial charge in [0, 0.05) is 37.9 Å². The lowest BCUT2D eigenvalue weighted by Gasteiger charge is -2.16. The van der Waals surface area contributed by atoms with Crippen molar-refractivity contribution in [1.82, 2.24) is 18.9 Å². The van der Waals surface area contributed by atoms with Crippen LogP contribution in [0.1, 0.15) is 0 Å². The molecule has 0 aliphatic carbocycles. The van der Waals surface area contributed by atoms with E-state index in [4.69, 9.17) is 9.97 Å². The number of rotatable bonds is 3. The van der Waals surface area contributed by atoms with Crippen LogP contribution < -0.4 is 0 Å². The first-order valence-corrected chi connectivity index (χ1v) is 19.2. The molecule has 0 spiro atoms. The fourth-order valence-electron chi connectivity index (χ4n) is 9.73. The highest BCUT2D eigenvalue weighted by molar-refractivity contribution is 6.31. The van der Waals surface area contributed by atoms with Gasteiger partial charge in [-0.2, -0.15) is 0 Å². The Labute approximate surface area is 320 Å². The van der Waals surface area contributed by atoms with Gasteiger partial charge in [-0.1, -0.05) is 152 Å². The molecule has 0 saturated heterocycles. The molecule has 0 amide bonds. The minimum absolute atomic E-state index is 0.814. The van der Waals surface area contributed by atoms with Crippen LogP contribution in [0.5, 0.6) is 0 Å². The van der Waals surface area contributed by atoms with Gasteiger partial charge in [0.05, 0.1) is 38.6 Å². The molecule has 13 aromatic rings. The summed E-state index contributed by atoms with van der Waals surface area (Å²) < 4.78 is 4.86. The third-order valence-corrected chi connectivity index (χ3v) is 12.0. The monoisotopic (exact) mass is 710 g/mol. The highest BCUT2D eigenvalue weighted by Gasteiger charge is 2.25. The Bertz CT molecular complexity index is 3750. The van der Waals surface area contributed by atoms with Crippen molar-refractivity contribution in [2.24, 2.45) is 0 Å². The van der Waals surface area contributed by atoms with Gasteiger partial charge in [0.15, 0.2) is 5.82 Å². The molecular weight excluding hydrogens is 681 g/mol. The summed E-state index contributed by atoms with van der Waals surface area (Å²) in [4.78, 5) is 11.4. The minimum atomic E-state index is 0.814. The van der Waals surface area contributed by atoms with E-state index in [1.807, 2.05) is 0 Å². The van der Waals surface area contributed by atoms with Gasteiger partial charge < -0.3 is 4.40 Å². The van der Waals surface area contributed by atoms with Crippen molar-refractivity contribution in [1.29, 1.82) is 0 Å². The Hall–Kier alpha value is -7.56. The van der Waals surface area contributed by atoms with Crippen LogP contribution in [0.4, 0.5) is 0 Å². The van der Waals surface area contributed by atoms with Gasteiger partial charge in [0.1, 0.15) is 5.69 Å². The zero-order valence-electron chi connectivity index (χ0n) is 30.1. The highest BCUT2D eigenvalue weighted by Crippen LogP contribution is 2.45. The Morgan fingerprint density at radius 3 is 1.86 bits per heavy atom. The van der Waals surface area contributed by atoms with Crippen molar-refractivity contribution in [3.05, 3.63) is 182 Å².